The van der Waals surface area contributed by atoms with Gasteiger partial charge in [0.2, 0.25) is 5.88 Å². The highest BCUT2D eigenvalue weighted by Gasteiger charge is 2.19. The van der Waals surface area contributed by atoms with Gasteiger partial charge >= 0.3 is 5.97 Å². The zero-order valence-electron chi connectivity index (χ0n) is 19.8. The van der Waals surface area contributed by atoms with Crippen LogP contribution >= 0.6 is 15.9 Å². The van der Waals surface area contributed by atoms with Crippen LogP contribution in [0.2, 0.25) is 0 Å². The second kappa shape index (κ2) is 11.2. The summed E-state index contributed by atoms with van der Waals surface area (Å²) in [6, 6.07) is 7.26. The Hall–Kier alpha value is -3.27. The summed E-state index contributed by atoms with van der Waals surface area (Å²) in [4.78, 5) is 24.7. The summed E-state index contributed by atoms with van der Waals surface area (Å²) in [6.45, 7) is 3.42. The number of rotatable bonds is 10. The van der Waals surface area contributed by atoms with Crippen LogP contribution < -0.4 is 21.3 Å². The van der Waals surface area contributed by atoms with Crippen molar-refractivity contribution in [2.24, 2.45) is 20.0 Å². The molecule has 0 aliphatic heterocycles. The monoisotopic (exact) mass is 531 g/mol. The summed E-state index contributed by atoms with van der Waals surface area (Å²) < 4.78 is 14.7. The summed E-state index contributed by atoms with van der Waals surface area (Å²) in [5, 5.41) is 7.65. The summed E-state index contributed by atoms with van der Waals surface area (Å²) in [6.07, 6.45) is 4.78. The molecule has 0 radical (unpaired) electrons. The second-order valence-corrected chi connectivity index (χ2v) is 9.16. The number of methoxy groups -OCH3 is 1. The van der Waals surface area contributed by atoms with Crippen molar-refractivity contribution in [3.63, 3.8) is 0 Å². The fourth-order valence-corrected chi connectivity index (χ4v) is 3.95. The standard InChI is InChI=1S/C24H30BrN5O4/c1-15(12-27-21-11-17(25)7-8-20(21)26)6-5-9-34-23-19(13-28-30(23)3)18-10-16(24(32)33-4)14-29(2)22(18)31/h7-8,10-11,13-15,27H,5-6,9,12,26H2,1-4H3/t15-/m1/s1. The average molecular weight is 532 g/mol. The number of carbonyl (C=O) groups is 1. The Bertz CT molecular complexity index is 1220. The van der Waals surface area contributed by atoms with Crippen LogP contribution in [0.3, 0.4) is 0 Å². The number of benzene rings is 1. The minimum absolute atomic E-state index is 0.253. The molecule has 34 heavy (non-hydrogen) atoms. The Morgan fingerprint density at radius 3 is 2.76 bits per heavy atom. The summed E-state index contributed by atoms with van der Waals surface area (Å²) >= 11 is 3.46. The van der Waals surface area contributed by atoms with Crippen LogP contribution in [0.5, 0.6) is 5.88 Å². The van der Waals surface area contributed by atoms with Crippen molar-refractivity contribution in [2.45, 2.75) is 19.8 Å². The zero-order valence-corrected chi connectivity index (χ0v) is 21.4. The zero-order chi connectivity index (χ0) is 24.8. The number of pyridine rings is 1. The first-order valence-electron chi connectivity index (χ1n) is 10.9. The van der Waals surface area contributed by atoms with E-state index in [-0.39, 0.29) is 11.1 Å². The third kappa shape index (κ3) is 5.99. The molecule has 0 saturated carbocycles. The van der Waals surface area contributed by atoms with E-state index >= 15 is 0 Å². The number of aryl methyl sites for hydroxylation is 2. The van der Waals surface area contributed by atoms with Gasteiger partial charge in [0.1, 0.15) is 0 Å². The van der Waals surface area contributed by atoms with Gasteiger partial charge in [-0.25, -0.2) is 9.48 Å². The first-order valence-corrected chi connectivity index (χ1v) is 11.7. The lowest BCUT2D eigenvalue weighted by molar-refractivity contribution is 0.0599. The highest BCUT2D eigenvalue weighted by Crippen LogP contribution is 2.28. The van der Waals surface area contributed by atoms with Gasteiger partial charge in [-0.15, -0.1) is 0 Å². The van der Waals surface area contributed by atoms with E-state index in [1.807, 2.05) is 18.2 Å². The molecule has 0 aliphatic rings. The number of ether oxygens (including phenoxy) is 2. The van der Waals surface area contributed by atoms with Gasteiger partial charge in [0.05, 0.1) is 48.0 Å². The topological polar surface area (TPSA) is 113 Å². The summed E-state index contributed by atoms with van der Waals surface area (Å²) in [5.74, 6) is 0.360. The number of hydrogen-bond donors (Lipinski definition) is 2. The van der Waals surface area contributed by atoms with Crippen LogP contribution in [0, 0.1) is 5.92 Å². The number of nitrogens with two attached hydrogens (primary N) is 1. The third-order valence-electron chi connectivity index (χ3n) is 5.52. The van der Waals surface area contributed by atoms with E-state index in [9.17, 15) is 9.59 Å². The molecule has 3 aromatic rings. The molecule has 0 spiro atoms. The van der Waals surface area contributed by atoms with Crippen LogP contribution in [0.15, 0.2) is 45.9 Å². The van der Waals surface area contributed by atoms with E-state index in [0.29, 0.717) is 35.2 Å². The summed E-state index contributed by atoms with van der Waals surface area (Å²) in [7, 11) is 4.64. The molecule has 0 unspecified atom stereocenters. The maximum Gasteiger partial charge on any atom is 0.339 e. The van der Waals surface area contributed by atoms with E-state index < -0.39 is 5.97 Å². The van der Waals surface area contributed by atoms with Crippen molar-refractivity contribution in [1.82, 2.24) is 14.3 Å². The van der Waals surface area contributed by atoms with E-state index in [2.05, 4.69) is 33.3 Å². The van der Waals surface area contributed by atoms with Crippen molar-refractivity contribution < 1.29 is 14.3 Å². The van der Waals surface area contributed by atoms with Crippen molar-refractivity contribution in [1.29, 1.82) is 0 Å². The van der Waals surface area contributed by atoms with Crippen LogP contribution in [0.4, 0.5) is 11.4 Å². The number of nitrogens with one attached hydrogen (secondary N) is 1. The lowest BCUT2D eigenvalue weighted by Gasteiger charge is -2.16. The molecular weight excluding hydrogens is 502 g/mol. The SMILES string of the molecule is COC(=O)c1cc(-c2cnn(C)c2OCCC[C@@H](C)CNc2cc(Br)ccc2N)c(=O)n(C)c1. The van der Waals surface area contributed by atoms with Gasteiger partial charge in [-0.05, 0) is 43.0 Å². The quantitative estimate of drug-likeness (QED) is 0.232. The lowest BCUT2D eigenvalue weighted by atomic mass is 10.1. The van der Waals surface area contributed by atoms with Crippen molar-refractivity contribution in [3.05, 3.63) is 57.0 Å². The van der Waals surface area contributed by atoms with E-state index in [0.717, 1.165) is 29.5 Å². The molecule has 2 heterocycles. The molecule has 2 aromatic heterocycles. The van der Waals surface area contributed by atoms with Crippen LogP contribution in [0.1, 0.15) is 30.1 Å². The van der Waals surface area contributed by atoms with Gasteiger partial charge in [-0.1, -0.05) is 22.9 Å². The Morgan fingerprint density at radius 1 is 1.26 bits per heavy atom. The number of aromatic nitrogens is 3. The molecule has 1 aromatic carbocycles. The molecule has 9 nitrogen and oxygen atoms in total. The predicted molar refractivity (Wildman–Crippen MR) is 136 cm³/mol. The third-order valence-corrected chi connectivity index (χ3v) is 6.01. The molecule has 0 saturated heterocycles. The largest absolute Gasteiger partial charge is 0.477 e. The number of nitrogens with zero attached hydrogens (tertiary/aromatic N) is 3. The number of hydrogen-bond acceptors (Lipinski definition) is 7. The maximum absolute atomic E-state index is 12.7. The van der Waals surface area contributed by atoms with Gasteiger partial charge in [-0.2, -0.15) is 5.10 Å². The highest BCUT2D eigenvalue weighted by atomic mass is 79.9. The van der Waals surface area contributed by atoms with Crippen LogP contribution in [-0.2, 0) is 18.8 Å². The van der Waals surface area contributed by atoms with Gasteiger partial charge in [0, 0.05) is 31.3 Å². The van der Waals surface area contributed by atoms with Gasteiger partial charge in [0.15, 0.2) is 0 Å². The Balaban J connectivity index is 1.62. The van der Waals surface area contributed by atoms with E-state index in [1.165, 1.54) is 23.9 Å². The van der Waals surface area contributed by atoms with Crippen molar-refractivity contribution in [2.75, 3.05) is 31.3 Å². The van der Waals surface area contributed by atoms with Crippen molar-refractivity contribution >= 4 is 33.3 Å². The fourth-order valence-electron chi connectivity index (χ4n) is 3.58. The molecule has 0 amide bonds. The minimum atomic E-state index is -0.518. The predicted octanol–water partition coefficient (Wildman–Crippen LogP) is 3.82. The fraction of sp³-hybridized carbons (Fsp3) is 0.375. The molecule has 10 heteroatoms. The molecule has 1 atom stereocenters. The molecular formula is C24H30BrN5O4. The van der Waals surface area contributed by atoms with Crippen molar-refractivity contribution in [3.8, 4) is 17.0 Å². The van der Waals surface area contributed by atoms with Gasteiger partial charge in [-0.3, -0.25) is 4.79 Å². The number of anilines is 2. The first-order chi connectivity index (χ1) is 16.2. The Morgan fingerprint density at radius 2 is 2.03 bits per heavy atom. The maximum atomic E-state index is 12.7. The molecule has 182 valence electrons. The number of halogens is 1. The number of carbonyl (C=O) groups excluding carboxylic acids is 1. The highest BCUT2D eigenvalue weighted by molar-refractivity contribution is 9.10. The van der Waals surface area contributed by atoms with Crippen LogP contribution in [0.25, 0.3) is 11.1 Å². The van der Waals surface area contributed by atoms with Gasteiger partial charge < -0.3 is 25.1 Å². The normalized spacial score (nSPS) is 11.8. The molecule has 0 aliphatic carbocycles. The molecule has 0 bridgehead atoms. The second-order valence-electron chi connectivity index (χ2n) is 8.25. The molecule has 3 N–H and O–H groups in total. The summed E-state index contributed by atoms with van der Waals surface area (Å²) in [5.41, 5.74) is 8.54. The molecule has 0 fully saturated rings. The first kappa shape index (κ1) is 25.4. The minimum Gasteiger partial charge on any atom is -0.477 e. The number of nitrogen functional groups attached to an aromatic ring is 1. The Kier molecular flexibility index (Phi) is 8.38. The molecule has 3 rings (SSSR count). The average Bonchev–Trinajstić information content (AvgIpc) is 3.18. The smallest absolute Gasteiger partial charge is 0.339 e. The number of esters is 1. The van der Waals surface area contributed by atoms with E-state index in [1.54, 1.807) is 25.0 Å². The Labute approximate surface area is 207 Å². The van der Waals surface area contributed by atoms with Crippen LogP contribution in [-0.4, -0.2) is 40.6 Å². The van der Waals surface area contributed by atoms with Gasteiger partial charge in [0.25, 0.3) is 5.56 Å². The lowest BCUT2D eigenvalue weighted by Crippen LogP contribution is -2.20. The van der Waals surface area contributed by atoms with E-state index in [4.69, 9.17) is 15.2 Å².